The van der Waals surface area contributed by atoms with Crippen molar-refractivity contribution >= 4 is 33.5 Å². The zero-order chi connectivity index (χ0) is 16.9. The number of carbonyl (C=O) groups excluding carboxylic acids is 1. The Balaban J connectivity index is 1.63. The summed E-state index contributed by atoms with van der Waals surface area (Å²) in [6.45, 7) is 3.45. The Labute approximate surface area is 149 Å². The van der Waals surface area contributed by atoms with Crippen LogP contribution < -0.4 is 10.6 Å². The van der Waals surface area contributed by atoms with Crippen molar-refractivity contribution in [2.75, 3.05) is 23.8 Å². The Bertz CT molecular complexity index is 732. The van der Waals surface area contributed by atoms with E-state index >= 15 is 0 Å². The third kappa shape index (κ3) is 4.30. The molecule has 0 aliphatic carbocycles. The van der Waals surface area contributed by atoms with Gasteiger partial charge >= 0.3 is 0 Å². The molecule has 2 aromatic rings. The minimum atomic E-state index is -0.270. The number of amides is 1. The van der Waals surface area contributed by atoms with E-state index in [2.05, 4.69) is 36.5 Å². The standard InChI is InChI=1S/C17H19BrN4O2/c1-11-4-5-12(9-14(11)18)21-16(23)15-6-7-19-17(22-15)20-10-13-3-2-8-24-13/h4-7,9,13H,2-3,8,10H2,1H3,(H,21,23)(H,19,20,22). The SMILES string of the molecule is Cc1ccc(NC(=O)c2ccnc(NCC3CCCO3)n2)cc1Br. The molecule has 1 aromatic heterocycles. The van der Waals surface area contributed by atoms with Gasteiger partial charge in [0, 0.05) is 29.5 Å². The van der Waals surface area contributed by atoms with Crippen molar-refractivity contribution in [1.82, 2.24) is 9.97 Å². The van der Waals surface area contributed by atoms with Gasteiger partial charge in [-0.05, 0) is 43.5 Å². The fraction of sp³-hybridized carbons (Fsp3) is 0.353. The number of anilines is 2. The number of hydrogen-bond acceptors (Lipinski definition) is 5. The molecule has 1 amide bonds. The van der Waals surface area contributed by atoms with Crippen LogP contribution in [0.2, 0.25) is 0 Å². The molecule has 2 heterocycles. The highest BCUT2D eigenvalue weighted by Gasteiger charge is 2.16. The highest BCUT2D eigenvalue weighted by molar-refractivity contribution is 9.10. The first-order valence-corrected chi connectivity index (χ1v) is 8.67. The molecular formula is C17H19BrN4O2. The zero-order valence-corrected chi connectivity index (χ0v) is 15.0. The van der Waals surface area contributed by atoms with Crippen LogP contribution in [0.4, 0.5) is 11.6 Å². The number of carbonyl (C=O) groups is 1. The summed E-state index contributed by atoms with van der Waals surface area (Å²) in [6, 6.07) is 7.25. The van der Waals surface area contributed by atoms with E-state index in [-0.39, 0.29) is 12.0 Å². The maximum absolute atomic E-state index is 12.4. The molecule has 126 valence electrons. The van der Waals surface area contributed by atoms with Crippen LogP contribution in [0.1, 0.15) is 28.9 Å². The molecule has 0 spiro atoms. The molecule has 1 unspecified atom stereocenters. The van der Waals surface area contributed by atoms with Crippen LogP contribution in [-0.4, -0.2) is 35.1 Å². The second-order valence-electron chi connectivity index (χ2n) is 5.70. The van der Waals surface area contributed by atoms with Crippen LogP contribution >= 0.6 is 15.9 Å². The Hall–Kier alpha value is -1.99. The van der Waals surface area contributed by atoms with Crippen molar-refractivity contribution in [3.63, 3.8) is 0 Å². The number of rotatable bonds is 5. The van der Waals surface area contributed by atoms with E-state index in [0.29, 0.717) is 23.9 Å². The molecule has 0 saturated carbocycles. The van der Waals surface area contributed by atoms with Gasteiger partial charge < -0.3 is 15.4 Å². The molecule has 7 heteroatoms. The van der Waals surface area contributed by atoms with Crippen LogP contribution in [0.3, 0.4) is 0 Å². The van der Waals surface area contributed by atoms with Gasteiger partial charge in [0.15, 0.2) is 0 Å². The average Bonchev–Trinajstić information content (AvgIpc) is 3.10. The number of nitrogens with one attached hydrogen (secondary N) is 2. The van der Waals surface area contributed by atoms with Crippen molar-refractivity contribution in [3.05, 3.63) is 46.2 Å². The van der Waals surface area contributed by atoms with Gasteiger partial charge in [-0.3, -0.25) is 4.79 Å². The number of aromatic nitrogens is 2. The van der Waals surface area contributed by atoms with Crippen LogP contribution in [-0.2, 0) is 4.74 Å². The first kappa shape index (κ1) is 16.9. The van der Waals surface area contributed by atoms with E-state index in [1.807, 2.05) is 25.1 Å². The molecule has 6 nitrogen and oxygen atoms in total. The summed E-state index contributed by atoms with van der Waals surface area (Å²) in [6.07, 6.45) is 3.89. The summed E-state index contributed by atoms with van der Waals surface area (Å²) in [7, 11) is 0. The van der Waals surface area contributed by atoms with Gasteiger partial charge in [0.05, 0.1) is 6.10 Å². The quantitative estimate of drug-likeness (QED) is 0.817. The van der Waals surface area contributed by atoms with Crippen LogP contribution in [0, 0.1) is 6.92 Å². The topological polar surface area (TPSA) is 76.1 Å². The lowest BCUT2D eigenvalue weighted by molar-refractivity contribution is 0.102. The van der Waals surface area contributed by atoms with Gasteiger partial charge in [0.25, 0.3) is 5.91 Å². The first-order chi connectivity index (χ1) is 11.6. The van der Waals surface area contributed by atoms with Gasteiger partial charge in [-0.2, -0.15) is 0 Å². The second kappa shape index (κ2) is 7.72. The smallest absolute Gasteiger partial charge is 0.274 e. The average molecular weight is 391 g/mol. The molecule has 0 radical (unpaired) electrons. The fourth-order valence-corrected chi connectivity index (χ4v) is 2.83. The molecule has 1 aromatic carbocycles. The number of halogens is 1. The summed E-state index contributed by atoms with van der Waals surface area (Å²) >= 11 is 3.46. The monoisotopic (exact) mass is 390 g/mol. The Morgan fingerprint density at radius 1 is 1.42 bits per heavy atom. The Kier molecular flexibility index (Phi) is 5.42. The third-order valence-corrected chi connectivity index (χ3v) is 4.68. The van der Waals surface area contributed by atoms with E-state index in [1.165, 1.54) is 0 Å². The Morgan fingerprint density at radius 3 is 3.04 bits per heavy atom. The highest BCUT2D eigenvalue weighted by atomic mass is 79.9. The number of ether oxygens (including phenoxy) is 1. The van der Waals surface area contributed by atoms with Crippen molar-refractivity contribution in [3.8, 4) is 0 Å². The van der Waals surface area contributed by atoms with E-state index in [4.69, 9.17) is 4.74 Å². The van der Waals surface area contributed by atoms with Crippen molar-refractivity contribution in [1.29, 1.82) is 0 Å². The van der Waals surface area contributed by atoms with E-state index in [0.717, 1.165) is 29.5 Å². The maximum atomic E-state index is 12.4. The maximum Gasteiger partial charge on any atom is 0.274 e. The fourth-order valence-electron chi connectivity index (χ4n) is 2.45. The molecule has 0 bridgehead atoms. The summed E-state index contributed by atoms with van der Waals surface area (Å²) < 4.78 is 6.50. The molecule has 1 atom stereocenters. The Morgan fingerprint density at radius 2 is 2.29 bits per heavy atom. The number of hydrogen-bond donors (Lipinski definition) is 2. The van der Waals surface area contributed by atoms with Crippen LogP contribution in [0.5, 0.6) is 0 Å². The van der Waals surface area contributed by atoms with Gasteiger partial charge in [-0.1, -0.05) is 22.0 Å². The highest BCUT2D eigenvalue weighted by Crippen LogP contribution is 2.21. The molecule has 2 N–H and O–H groups in total. The molecule has 1 aliphatic heterocycles. The molecule has 1 saturated heterocycles. The number of benzene rings is 1. The van der Waals surface area contributed by atoms with Crippen LogP contribution in [0.15, 0.2) is 34.9 Å². The van der Waals surface area contributed by atoms with E-state index in [9.17, 15) is 4.79 Å². The van der Waals surface area contributed by atoms with Gasteiger partial charge in [0.1, 0.15) is 5.69 Å². The van der Waals surface area contributed by atoms with Crippen LogP contribution in [0.25, 0.3) is 0 Å². The molecule has 1 fully saturated rings. The zero-order valence-electron chi connectivity index (χ0n) is 13.4. The molecule has 1 aliphatic rings. The second-order valence-corrected chi connectivity index (χ2v) is 6.55. The van der Waals surface area contributed by atoms with E-state index < -0.39 is 0 Å². The van der Waals surface area contributed by atoms with Gasteiger partial charge in [0.2, 0.25) is 5.95 Å². The molecular weight excluding hydrogens is 372 g/mol. The van der Waals surface area contributed by atoms with Gasteiger partial charge in [-0.15, -0.1) is 0 Å². The molecule has 3 rings (SSSR count). The van der Waals surface area contributed by atoms with Crippen molar-refractivity contribution in [2.45, 2.75) is 25.9 Å². The lowest BCUT2D eigenvalue weighted by Crippen LogP contribution is -2.21. The summed E-state index contributed by atoms with van der Waals surface area (Å²) in [5, 5.41) is 5.97. The predicted octanol–water partition coefficient (Wildman–Crippen LogP) is 3.39. The summed E-state index contributed by atoms with van der Waals surface area (Å²) in [5.41, 5.74) is 2.14. The lowest BCUT2D eigenvalue weighted by Gasteiger charge is -2.11. The molecule has 24 heavy (non-hydrogen) atoms. The van der Waals surface area contributed by atoms with Crippen molar-refractivity contribution in [2.24, 2.45) is 0 Å². The van der Waals surface area contributed by atoms with Gasteiger partial charge in [-0.25, -0.2) is 9.97 Å². The third-order valence-electron chi connectivity index (χ3n) is 3.83. The van der Waals surface area contributed by atoms with E-state index in [1.54, 1.807) is 12.3 Å². The minimum absolute atomic E-state index is 0.191. The summed E-state index contributed by atoms with van der Waals surface area (Å²) in [4.78, 5) is 20.8. The summed E-state index contributed by atoms with van der Waals surface area (Å²) in [5.74, 6) is 0.163. The number of nitrogens with zero attached hydrogens (tertiary/aromatic N) is 2. The number of aryl methyl sites for hydroxylation is 1. The normalized spacial score (nSPS) is 16.8. The predicted molar refractivity (Wildman–Crippen MR) is 96.3 cm³/mol. The lowest BCUT2D eigenvalue weighted by atomic mass is 10.2. The largest absolute Gasteiger partial charge is 0.376 e. The van der Waals surface area contributed by atoms with Crippen molar-refractivity contribution < 1.29 is 9.53 Å². The minimum Gasteiger partial charge on any atom is -0.376 e. The first-order valence-electron chi connectivity index (χ1n) is 7.88.